The van der Waals surface area contributed by atoms with Crippen LogP contribution in [0.15, 0.2) is 84.9 Å². The highest BCUT2D eigenvalue weighted by molar-refractivity contribution is 5.27. The first-order valence-electron chi connectivity index (χ1n) is 9.32. The van der Waals surface area contributed by atoms with Crippen LogP contribution in [0, 0.1) is 0 Å². The Bertz CT molecular complexity index is 753. The van der Waals surface area contributed by atoms with Gasteiger partial charge in [-0.15, -0.1) is 0 Å². The number of benzene rings is 3. The average molecular weight is 345 g/mol. The summed E-state index contributed by atoms with van der Waals surface area (Å²) in [6.45, 7) is 3.74. The highest BCUT2D eigenvalue weighted by Crippen LogP contribution is 2.14. The van der Waals surface area contributed by atoms with Gasteiger partial charge in [0, 0.05) is 12.6 Å². The van der Waals surface area contributed by atoms with Crippen molar-refractivity contribution in [1.82, 2.24) is 5.32 Å². The minimum atomic E-state index is 0.490. The van der Waals surface area contributed by atoms with Gasteiger partial charge in [-0.25, -0.2) is 0 Å². The molecule has 2 heteroatoms. The molecule has 0 fully saturated rings. The molecule has 1 N–H and O–H groups in total. The monoisotopic (exact) mass is 345 g/mol. The molecule has 1 atom stereocenters. The molecule has 3 aromatic carbocycles. The van der Waals surface area contributed by atoms with Gasteiger partial charge in [0.15, 0.2) is 0 Å². The van der Waals surface area contributed by atoms with Gasteiger partial charge in [-0.2, -0.15) is 0 Å². The maximum atomic E-state index is 5.84. The molecule has 3 rings (SSSR count). The van der Waals surface area contributed by atoms with Crippen LogP contribution in [0.4, 0.5) is 0 Å². The van der Waals surface area contributed by atoms with Gasteiger partial charge in [-0.1, -0.05) is 72.8 Å². The zero-order valence-corrected chi connectivity index (χ0v) is 15.4. The Labute approximate surface area is 156 Å². The lowest BCUT2D eigenvalue weighted by Crippen LogP contribution is -2.25. The molecular weight excluding hydrogens is 318 g/mol. The summed E-state index contributed by atoms with van der Waals surface area (Å²) in [5, 5.41) is 3.61. The van der Waals surface area contributed by atoms with Crippen LogP contribution in [-0.2, 0) is 19.6 Å². The first-order chi connectivity index (χ1) is 12.8. The Balaban J connectivity index is 1.39. The van der Waals surface area contributed by atoms with E-state index in [1.54, 1.807) is 0 Å². The second-order valence-electron chi connectivity index (χ2n) is 6.72. The van der Waals surface area contributed by atoms with Gasteiger partial charge in [0.2, 0.25) is 0 Å². The maximum absolute atomic E-state index is 5.84. The first kappa shape index (κ1) is 18.2. The molecule has 0 saturated heterocycles. The summed E-state index contributed by atoms with van der Waals surface area (Å²) in [6.07, 6.45) is 2.25. The van der Waals surface area contributed by atoms with Gasteiger partial charge in [-0.3, -0.25) is 0 Å². The van der Waals surface area contributed by atoms with Crippen molar-refractivity contribution < 1.29 is 4.74 Å². The number of nitrogens with one attached hydrogen (secondary N) is 1. The zero-order valence-electron chi connectivity index (χ0n) is 15.4. The number of hydrogen-bond donors (Lipinski definition) is 1. The number of ether oxygens (including phenoxy) is 1. The van der Waals surface area contributed by atoms with Crippen molar-refractivity contribution in [3.8, 4) is 5.75 Å². The van der Waals surface area contributed by atoms with Gasteiger partial charge in [-0.05, 0) is 48.6 Å². The summed E-state index contributed by atoms with van der Waals surface area (Å²) in [6, 6.07) is 29.8. The Morgan fingerprint density at radius 3 is 2.00 bits per heavy atom. The molecular formula is C24H27NO. The number of aryl methyl sites for hydroxylation is 1. The predicted molar refractivity (Wildman–Crippen MR) is 108 cm³/mol. The molecule has 0 amide bonds. The Morgan fingerprint density at radius 1 is 0.731 bits per heavy atom. The molecule has 2 nitrogen and oxygen atoms in total. The molecule has 0 bridgehead atoms. The summed E-state index contributed by atoms with van der Waals surface area (Å²) in [5.41, 5.74) is 3.87. The summed E-state index contributed by atoms with van der Waals surface area (Å²) in [7, 11) is 0. The second kappa shape index (κ2) is 9.79. The van der Waals surface area contributed by atoms with Crippen LogP contribution < -0.4 is 10.1 Å². The highest BCUT2D eigenvalue weighted by Gasteiger charge is 2.03. The SMILES string of the molecule is C[C@@H](CCc1ccccc1)NCc1ccc(OCc2ccccc2)cc1. The molecule has 0 aliphatic heterocycles. The van der Waals surface area contributed by atoms with E-state index in [4.69, 9.17) is 4.74 Å². The summed E-state index contributed by atoms with van der Waals surface area (Å²) < 4.78 is 5.84. The van der Waals surface area contributed by atoms with E-state index in [9.17, 15) is 0 Å². The third-order valence-electron chi connectivity index (χ3n) is 4.54. The lowest BCUT2D eigenvalue weighted by atomic mass is 10.1. The van der Waals surface area contributed by atoms with Crippen molar-refractivity contribution in [1.29, 1.82) is 0 Å². The lowest BCUT2D eigenvalue weighted by Gasteiger charge is -2.14. The van der Waals surface area contributed by atoms with Crippen LogP contribution in [0.25, 0.3) is 0 Å². The molecule has 0 aromatic heterocycles. The van der Waals surface area contributed by atoms with Crippen LogP contribution in [0.3, 0.4) is 0 Å². The summed E-state index contributed by atoms with van der Waals surface area (Å²) in [5.74, 6) is 0.912. The molecule has 0 radical (unpaired) electrons. The van der Waals surface area contributed by atoms with E-state index in [-0.39, 0.29) is 0 Å². The molecule has 0 unspecified atom stereocenters. The third kappa shape index (κ3) is 6.05. The van der Waals surface area contributed by atoms with Gasteiger partial charge in [0.1, 0.15) is 12.4 Å². The Hall–Kier alpha value is -2.58. The molecule has 0 spiro atoms. The number of rotatable bonds is 9. The lowest BCUT2D eigenvalue weighted by molar-refractivity contribution is 0.306. The molecule has 3 aromatic rings. The van der Waals surface area contributed by atoms with E-state index in [2.05, 4.69) is 79.0 Å². The van der Waals surface area contributed by atoms with Gasteiger partial charge < -0.3 is 10.1 Å². The van der Waals surface area contributed by atoms with Gasteiger partial charge >= 0.3 is 0 Å². The van der Waals surface area contributed by atoms with Crippen LogP contribution >= 0.6 is 0 Å². The fourth-order valence-corrected chi connectivity index (χ4v) is 2.87. The van der Waals surface area contributed by atoms with Gasteiger partial charge in [0.05, 0.1) is 0 Å². The maximum Gasteiger partial charge on any atom is 0.119 e. The van der Waals surface area contributed by atoms with E-state index in [0.717, 1.165) is 25.1 Å². The zero-order chi connectivity index (χ0) is 18.0. The van der Waals surface area contributed by atoms with Crippen molar-refractivity contribution >= 4 is 0 Å². The number of hydrogen-bond acceptors (Lipinski definition) is 2. The van der Waals surface area contributed by atoms with Crippen LogP contribution in [0.1, 0.15) is 30.0 Å². The van der Waals surface area contributed by atoms with E-state index < -0.39 is 0 Å². The molecule has 0 saturated carbocycles. The van der Waals surface area contributed by atoms with Crippen LogP contribution in [-0.4, -0.2) is 6.04 Å². The van der Waals surface area contributed by atoms with Crippen molar-refractivity contribution in [2.24, 2.45) is 0 Å². The van der Waals surface area contributed by atoms with E-state index in [1.807, 2.05) is 18.2 Å². The fraction of sp³-hybridized carbons (Fsp3) is 0.250. The molecule has 0 heterocycles. The van der Waals surface area contributed by atoms with E-state index >= 15 is 0 Å². The third-order valence-corrected chi connectivity index (χ3v) is 4.54. The highest BCUT2D eigenvalue weighted by atomic mass is 16.5. The van der Waals surface area contributed by atoms with E-state index in [0.29, 0.717) is 12.6 Å². The minimum absolute atomic E-state index is 0.490. The van der Waals surface area contributed by atoms with Crippen molar-refractivity contribution in [3.05, 3.63) is 102 Å². The Kier molecular flexibility index (Phi) is 6.86. The first-order valence-corrected chi connectivity index (χ1v) is 9.32. The Morgan fingerprint density at radius 2 is 1.35 bits per heavy atom. The second-order valence-corrected chi connectivity index (χ2v) is 6.72. The summed E-state index contributed by atoms with van der Waals surface area (Å²) in [4.78, 5) is 0. The standard InChI is InChI=1S/C24H27NO/c1-20(12-13-21-8-4-2-5-9-21)25-18-22-14-16-24(17-15-22)26-19-23-10-6-3-7-11-23/h2-11,14-17,20,25H,12-13,18-19H2,1H3/t20-/m0/s1. The topological polar surface area (TPSA) is 21.3 Å². The van der Waals surface area contributed by atoms with Crippen molar-refractivity contribution in [2.75, 3.05) is 0 Å². The normalized spacial score (nSPS) is 11.9. The predicted octanol–water partition coefficient (Wildman–Crippen LogP) is 5.38. The van der Waals surface area contributed by atoms with Crippen LogP contribution in [0.2, 0.25) is 0 Å². The summed E-state index contributed by atoms with van der Waals surface area (Å²) >= 11 is 0. The average Bonchev–Trinajstić information content (AvgIpc) is 2.71. The molecule has 26 heavy (non-hydrogen) atoms. The van der Waals surface area contributed by atoms with E-state index in [1.165, 1.54) is 16.7 Å². The van der Waals surface area contributed by atoms with Crippen molar-refractivity contribution in [3.63, 3.8) is 0 Å². The van der Waals surface area contributed by atoms with Crippen LogP contribution in [0.5, 0.6) is 5.75 Å². The molecule has 134 valence electrons. The largest absolute Gasteiger partial charge is 0.489 e. The fourth-order valence-electron chi connectivity index (χ4n) is 2.87. The van der Waals surface area contributed by atoms with Gasteiger partial charge in [0.25, 0.3) is 0 Å². The molecule has 0 aliphatic carbocycles. The quantitative estimate of drug-likeness (QED) is 0.562. The molecule has 0 aliphatic rings. The smallest absolute Gasteiger partial charge is 0.119 e. The van der Waals surface area contributed by atoms with Crippen molar-refractivity contribution in [2.45, 2.75) is 39.0 Å². The minimum Gasteiger partial charge on any atom is -0.489 e.